The Labute approximate surface area is 42.7 Å². The molecule has 0 atom stereocenters. The molecule has 2 N–H and O–H groups in total. The highest BCUT2D eigenvalue weighted by atomic mass is 19.4. The first kappa shape index (κ1) is 10.3. The molecule has 0 spiro atoms. The number of halogens is 3. The third-order valence-electron chi connectivity index (χ3n) is 0.231. The van der Waals surface area contributed by atoms with Crippen molar-refractivity contribution >= 4 is 5.97 Å². The fraction of sp³-hybridized carbons (Fsp3) is 0.500. The third-order valence-corrected chi connectivity index (χ3v) is 0.231. The number of nitrogens with two attached hydrogens (primary N) is 1. The van der Waals surface area contributed by atoms with E-state index in [2.05, 4.69) is 0 Å². The summed E-state index contributed by atoms with van der Waals surface area (Å²) in [6, 6.07) is 0. The molecule has 0 aliphatic heterocycles. The van der Waals surface area contributed by atoms with E-state index in [4.69, 9.17) is 9.90 Å². The summed E-state index contributed by atoms with van der Waals surface area (Å²) >= 11 is 0. The molecule has 0 rings (SSSR count). The number of carboxylic acid groups (broad SMARTS) is 1. The Balaban J connectivity index is 0. The standard InChI is InChI=1S/C2HF3O2.H2N/c3-2(4,5)1(6)7;/h(H,6,7);1H2/q;+1/p-1. The third kappa shape index (κ3) is 3.41. The van der Waals surface area contributed by atoms with Crippen molar-refractivity contribution in [2.45, 2.75) is 6.18 Å². The van der Waals surface area contributed by atoms with Crippen molar-refractivity contribution in [3.63, 3.8) is 0 Å². The van der Waals surface area contributed by atoms with Gasteiger partial charge in [0.25, 0.3) is 0 Å². The van der Waals surface area contributed by atoms with Crippen LogP contribution in [-0.2, 0) is 4.79 Å². The first-order valence-corrected chi connectivity index (χ1v) is 1.23. The van der Waals surface area contributed by atoms with Crippen molar-refractivity contribution in [3.8, 4) is 0 Å². The predicted molar refractivity (Wildman–Crippen MR) is 13.0 cm³/mol. The highest BCUT2D eigenvalue weighted by Crippen LogP contribution is 2.11. The first-order valence-electron chi connectivity index (χ1n) is 1.23. The van der Waals surface area contributed by atoms with Crippen LogP contribution in [0.4, 0.5) is 13.2 Å². The maximum atomic E-state index is 10.5. The van der Waals surface area contributed by atoms with Crippen molar-refractivity contribution in [1.82, 2.24) is 0 Å². The fourth-order valence-electron chi connectivity index (χ4n) is 0. The zero-order chi connectivity index (χ0) is 6.08. The lowest BCUT2D eigenvalue weighted by Gasteiger charge is -2.03. The summed E-state index contributed by atoms with van der Waals surface area (Å²) in [5.74, 6) is -3.01. The molecule has 0 saturated heterocycles. The highest BCUT2D eigenvalue weighted by molar-refractivity contribution is 5.70. The van der Waals surface area contributed by atoms with Gasteiger partial charge in [-0.1, -0.05) is 0 Å². The van der Waals surface area contributed by atoms with Gasteiger partial charge in [0.05, 0.1) is 0 Å². The van der Waals surface area contributed by atoms with Gasteiger partial charge in [0.1, 0.15) is 5.97 Å². The number of carboxylic acids is 1. The normalized spacial score (nSPS) is 9.88. The van der Waals surface area contributed by atoms with Gasteiger partial charge in [0, 0.05) is 6.15 Å². The van der Waals surface area contributed by atoms with Crippen molar-refractivity contribution < 1.29 is 29.2 Å². The molecule has 0 heterocycles. The second-order valence-corrected chi connectivity index (χ2v) is 0.785. The molecular weight excluding hydrogens is 127 g/mol. The van der Waals surface area contributed by atoms with Crippen LogP contribution in [0, 0.1) is 0 Å². The molecule has 0 saturated carbocycles. The first-order chi connectivity index (χ1) is 2.94. The second-order valence-electron chi connectivity index (χ2n) is 0.785. The maximum absolute atomic E-state index is 10.5. The van der Waals surface area contributed by atoms with Crippen molar-refractivity contribution in [2.75, 3.05) is 0 Å². The quantitative estimate of drug-likeness (QED) is 0.371. The number of alkyl halides is 3. The van der Waals surface area contributed by atoms with Crippen LogP contribution >= 0.6 is 0 Å². The zero-order valence-corrected chi connectivity index (χ0v) is 3.53. The highest BCUT2D eigenvalue weighted by Gasteiger charge is 2.28. The van der Waals surface area contributed by atoms with Gasteiger partial charge in [0.15, 0.2) is 0 Å². The minimum atomic E-state index is -5.19. The average molecular weight is 129 g/mol. The Kier molecular flexibility index (Phi) is 3.21. The van der Waals surface area contributed by atoms with Crippen LogP contribution in [0.5, 0.6) is 0 Å². The molecular formula is C2H2F3NO2. The monoisotopic (exact) mass is 129 g/mol. The molecule has 0 fully saturated rings. The SMILES string of the molecule is O=C([O-])C(F)(F)F.[NH2+]. The fourth-order valence-corrected chi connectivity index (χ4v) is 0. The number of hydrogen-bond donors (Lipinski definition) is 0. The topological polar surface area (TPSA) is 73.6 Å². The summed E-state index contributed by atoms with van der Waals surface area (Å²) in [5.41, 5.74) is 0. The molecule has 0 aliphatic rings. The maximum Gasteiger partial charge on any atom is 0.430 e. The van der Waals surface area contributed by atoms with E-state index in [0.29, 0.717) is 0 Å². The van der Waals surface area contributed by atoms with E-state index in [-0.39, 0.29) is 6.15 Å². The Morgan fingerprint density at radius 3 is 1.50 bits per heavy atom. The largest absolute Gasteiger partial charge is 0.542 e. The minimum absolute atomic E-state index is 0. The van der Waals surface area contributed by atoms with Crippen molar-refractivity contribution in [3.05, 3.63) is 0 Å². The minimum Gasteiger partial charge on any atom is -0.542 e. The van der Waals surface area contributed by atoms with Crippen molar-refractivity contribution in [1.29, 1.82) is 0 Å². The smallest absolute Gasteiger partial charge is 0.430 e. The van der Waals surface area contributed by atoms with Gasteiger partial charge in [-0.2, -0.15) is 13.2 Å². The molecule has 0 amide bonds. The average Bonchev–Trinajstić information content (AvgIpc) is 1.31. The molecule has 6 heteroatoms. The predicted octanol–water partition coefficient (Wildman–Crippen LogP) is -2.22. The summed E-state index contributed by atoms with van der Waals surface area (Å²) in [6.45, 7) is 0. The van der Waals surface area contributed by atoms with Gasteiger partial charge in [-0.15, -0.1) is 0 Å². The number of hydrogen-bond acceptors (Lipinski definition) is 2. The Morgan fingerprint density at radius 1 is 1.38 bits per heavy atom. The molecule has 0 aromatic heterocycles. The summed E-state index contributed by atoms with van der Waals surface area (Å²) in [5, 5.41) is 8.78. The van der Waals surface area contributed by atoms with Crippen LogP contribution in [0.25, 0.3) is 0 Å². The Morgan fingerprint density at radius 2 is 1.50 bits per heavy atom. The van der Waals surface area contributed by atoms with Gasteiger partial charge in [-0.3, -0.25) is 0 Å². The van der Waals surface area contributed by atoms with Gasteiger partial charge in [0.2, 0.25) is 0 Å². The van der Waals surface area contributed by atoms with Gasteiger partial charge < -0.3 is 9.90 Å². The van der Waals surface area contributed by atoms with Gasteiger partial charge >= 0.3 is 6.18 Å². The molecule has 0 bridgehead atoms. The number of rotatable bonds is 0. The van der Waals surface area contributed by atoms with E-state index in [9.17, 15) is 13.2 Å². The lowest BCUT2D eigenvalue weighted by molar-refractivity contribution is -0.344. The van der Waals surface area contributed by atoms with E-state index in [1.165, 1.54) is 0 Å². The molecule has 0 unspecified atom stereocenters. The summed E-state index contributed by atoms with van der Waals surface area (Å²) in [4.78, 5) is 8.78. The Bertz CT molecular complexity index is 87.8. The summed E-state index contributed by atoms with van der Waals surface area (Å²) < 4.78 is 31.5. The van der Waals surface area contributed by atoms with E-state index >= 15 is 0 Å². The van der Waals surface area contributed by atoms with Crippen LogP contribution < -0.4 is 11.3 Å². The van der Waals surface area contributed by atoms with Gasteiger partial charge in [-0.25, -0.2) is 0 Å². The summed E-state index contributed by atoms with van der Waals surface area (Å²) in [6.07, 6.45) is -5.19. The van der Waals surface area contributed by atoms with Crippen LogP contribution in [-0.4, -0.2) is 12.1 Å². The second kappa shape index (κ2) is 2.51. The molecule has 0 aromatic rings. The van der Waals surface area contributed by atoms with E-state index in [1.807, 2.05) is 0 Å². The molecule has 48 valence electrons. The van der Waals surface area contributed by atoms with Crippen LogP contribution in [0.3, 0.4) is 0 Å². The number of carbonyl (C=O) groups excluding carboxylic acids is 1. The number of aliphatic carboxylic acids is 1. The van der Waals surface area contributed by atoms with Crippen molar-refractivity contribution in [2.24, 2.45) is 0 Å². The van der Waals surface area contributed by atoms with Crippen LogP contribution in [0.15, 0.2) is 0 Å². The molecule has 8 heavy (non-hydrogen) atoms. The molecule has 3 nitrogen and oxygen atoms in total. The van der Waals surface area contributed by atoms with E-state index in [0.717, 1.165) is 0 Å². The van der Waals surface area contributed by atoms with Crippen LogP contribution in [0.1, 0.15) is 0 Å². The number of carbonyl (C=O) groups is 1. The summed E-state index contributed by atoms with van der Waals surface area (Å²) in [7, 11) is 0. The van der Waals surface area contributed by atoms with Crippen LogP contribution in [0.2, 0.25) is 0 Å². The lowest BCUT2D eigenvalue weighted by atomic mass is 10.7. The Hall–Kier alpha value is -0.780. The lowest BCUT2D eigenvalue weighted by Crippen LogP contribution is -2.37. The van der Waals surface area contributed by atoms with Gasteiger partial charge in [-0.05, 0) is 0 Å². The van der Waals surface area contributed by atoms with E-state index in [1.54, 1.807) is 0 Å². The zero-order valence-electron chi connectivity index (χ0n) is 3.53. The van der Waals surface area contributed by atoms with E-state index < -0.39 is 12.1 Å². The molecule has 0 aromatic carbocycles. The molecule has 2 radical (unpaired) electrons. The molecule has 0 aliphatic carbocycles.